The van der Waals surface area contributed by atoms with Crippen molar-refractivity contribution >= 4 is 17.4 Å². The molecule has 0 N–H and O–H groups in total. The van der Waals surface area contributed by atoms with Gasteiger partial charge in [0.25, 0.3) is 0 Å². The van der Waals surface area contributed by atoms with Crippen molar-refractivity contribution < 1.29 is 4.79 Å². The zero-order valence-electron chi connectivity index (χ0n) is 10.9. The number of halogens is 1. The van der Waals surface area contributed by atoms with E-state index in [1.54, 1.807) is 6.07 Å². The van der Waals surface area contributed by atoms with Crippen LogP contribution >= 0.6 is 11.6 Å². The monoisotopic (exact) mass is 252 g/mol. The van der Waals surface area contributed by atoms with Crippen molar-refractivity contribution in [2.24, 2.45) is 5.92 Å². The van der Waals surface area contributed by atoms with Crippen molar-refractivity contribution in [2.45, 2.75) is 46.5 Å². The van der Waals surface area contributed by atoms with E-state index in [0.29, 0.717) is 5.02 Å². The minimum atomic E-state index is 0.128. The van der Waals surface area contributed by atoms with Crippen LogP contribution in [0.1, 0.15) is 55.5 Å². The number of hydrogen-bond acceptors (Lipinski definition) is 1. The van der Waals surface area contributed by atoms with Gasteiger partial charge in [-0.25, -0.2) is 0 Å². The third-order valence-corrected chi connectivity index (χ3v) is 3.43. The average molecular weight is 253 g/mol. The van der Waals surface area contributed by atoms with Crippen LogP contribution in [-0.4, -0.2) is 5.78 Å². The van der Waals surface area contributed by atoms with E-state index in [0.717, 1.165) is 36.8 Å². The molecule has 0 unspecified atom stereocenters. The highest BCUT2D eigenvalue weighted by atomic mass is 35.5. The maximum atomic E-state index is 12.5. The smallest absolute Gasteiger partial charge is 0.167 e. The Bertz CT molecular complexity index is 358. The second-order valence-electron chi connectivity index (χ2n) is 4.57. The first-order valence-corrected chi connectivity index (χ1v) is 6.78. The molecule has 0 bridgehead atoms. The Morgan fingerprint density at radius 2 is 1.82 bits per heavy atom. The van der Waals surface area contributed by atoms with Crippen LogP contribution in [0.2, 0.25) is 5.02 Å². The first-order chi connectivity index (χ1) is 8.11. The predicted molar refractivity (Wildman–Crippen MR) is 73.8 cm³/mol. The fourth-order valence-corrected chi connectivity index (χ4v) is 2.57. The molecule has 0 atom stereocenters. The van der Waals surface area contributed by atoms with Gasteiger partial charge in [-0.1, -0.05) is 50.4 Å². The van der Waals surface area contributed by atoms with Gasteiger partial charge < -0.3 is 0 Å². The van der Waals surface area contributed by atoms with Crippen LogP contribution in [0.4, 0.5) is 0 Å². The molecule has 1 rings (SSSR count). The minimum Gasteiger partial charge on any atom is -0.294 e. The zero-order chi connectivity index (χ0) is 12.8. The van der Waals surface area contributed by atoms with Crippen LogP contribution < -0.4 is 0 Å². The van der Waals surface area contributed by atoms with Crippen molar-refractivity contribution in [1.29, 1.82) is 0 Å². The molecule has 1 aromatic carbocycles. The summed E-state index contributed by atoms with van der Waals surface area (Å²) >= 11 is 6.15. The summed E-state index contributed by atoms with van der Waals surface area (Å²) in [7, 11) is 0. The molecular formula is C15H21ClO. The highest BCUT2D eigenvalue weighted by Crippen LogP contribution is 2.26. The van der Waals surface area contributed by atoms with E-state index in [-0.39, 0.29) is 11.7 Å². The number of benzene rings is 1. The van der Waals surface area contributed by atoms with Gasteiger partial charge in [-0.2, -0.15) is 0 Å². The Hall–Kier alpha value is -0.820. The van der Waals surface area contributed by atoms with Gasteiger partial charge in [-0.05, 0) is 31.4 Å². The van der Waals surface area contributed by atoms with Gasteiger partial charge in [0.1, 0.15) is 0 Å². The highest BCUT2D eigenvalue weighted by Gasteiger charge is 2.21. The molecule has 0 saturated heterocycles. The molecule has 0 aliphatic rings. The van der Waals surface area contributed by atoms with E-state index in [1.807, 2.05) is 19.1 Å². The van der Waals surface area contributed by atoms with Crippen molar-refractivity contribution in [3.63, 3.8) is 0 Å². The van der Waals surface area contributed by atoms with Crippen LogP contribution in [0.25, 0.3) is 0 Å². The number of aryl methyl sites for hydroxylation is 1. The lowest BCUT2D eigenvalue weighted by atomic mass is 9.88. The minimum absolute atomic E-state index is 0.128. The van der Waals surface area contributed by atoms with E-state index in [2.05, 4.69) is 13.8 Å². The first kappa shape index (κ1) is 14.2. The lowest BCUT2D eigenvalue weighted by Gasteiger charge is -2.16. The third kappa shape index (κ3) is 3.57. The summed E-state index contributed by atoms with van der Waals surface area (Å²) in [5, 5.41) is 0.590. The standard InChI is InChI=1S/C15H21ClO/c1-4-7-12(8-5-2)15(17)14-11(3)9-6-10-13(14)16/h6,9-10,12H,4-5,7-8H2,1-3H3. The predicted octanol–water partition coefficient (Wildman–Crippen LogP) is 5.05. The molecule has 0 aromatic heterocycles. The van der Waals surface area contributed by atoms with Gasteiger partial charge in [-0.15, -0.1) is 0 Å². The largest absolute Gasteiger partial charge is 0.294 e. The molecule has 17 heavy (non-hydrogen) atoms. The molecule has 2 heteroatoms. The molecule has 1 aromatic rings. The van der Waals surface area contributed by atoms with Gasteiger partial charge in [0, 0.05) is 11.5 Å². The van der Waals surface area contributed by atoms with Gasteiger partial charge in [0.2, 0.25) is 0 Å². The van der Waals surface area contributed by atoms with E-state index in [4.69, 9.17) is 11.6 Å². The maximum absolute atomic E-state index is 12.5. The lowest BCUT2D eigenvalue weighted by Crippen LogP contribution is -2.16. The molecule has 0 radical (unpaired) electrons. The summed E-state index contributed by atoms with van der Waals surface area (Å²) in [6, 6.07) is 5.65. The molecule has 94 valence electrons. The summed E-state index contributed by atoms with van der Waals surface area (Å²) in [5.74, 6) is 0.348. The first-order valence-electron chi connectivity index (χ1n) is 6.41. The highest BCUT2D eigenvalue weighted by molar-refractivity contribution is 6.34. The van der Waals surface area contributed by atoms with Crippen LogP contribution in [0.15, 0.2) is 18.2 Å². The molecule has 1 nitrogen and oxygen atoms in total. The average Bonchev–Trinajstić information content (AvgIpc) is 2.28. The van der Waals surface area contributed by atoms with Crippen LogP contribution in [0.5, 0.6) is 0 Å². The van der Waals surface area contributed by atoms with Crippen LogP contribution in [-0.2, 0) is 0 Å². The number of ketones is 1. The van der Waals surface area contributed by atoms with E-state index >= 15 is 0 Å². The Balaban J connectivity index is 3.00. The molecule has 0 amide bonds. The Kier molecular flexibility index (Phi) is 5.70. The van der Waals surface area contributed by atoms with E-state index in [1.165, 1.54) is 0 Å². The zero-order valence-corrected chi connectivity index (χ0v) is 11.7. The van der Waals surface area contributed by atoms with E-state index in [9.17, 15) is 4.79 Å². The normalized spacial score (nSPS) is 10.9. The van der Waals surface area contributed by atoms with Gasteiger partial charge in [0.15, 0.2) is 5.78 Å². The number of hydrogen-bond donors (Lipinski definition) is 0. The quantitative estimate of drug-likeness (QED) is 0.648. The SMILES string of the molecule is CCCC(CCC)C(=O)c1c(C)cccc1Cl. The molecule has 0 aliphatic carbocycles. The third-order valence-electron chi connectivity index (χ3n) is 3.11. The summed E-state index contributed by atoms with van der Waals surface area (Å²) < 4.78 is 0. The van der Waals surface area contributed by atoms with Crippen LogP contribution in [0.3, 0.4) is 0 Å². The van der Waals surface area contributed by atoms with Crippen molar-refractivity contribution in [3.05, 3.63) is 34.3 Å². The molecule has 0 spiro atoms. The Morgan fingerprint density at radius 3 is 2.29 bits per heavy atom. The van der Waals surface area contributed by atoms with Gasteiger partial charge in [-0.3, -0.25) is 4.79 Å². The molecule has 0 heterocycles. The lowest BCUT2D eigenvalue weighted by molar-refractivity contribution is 0.0904. The second-order valence-corrected chi connectivity index (χ2v) is 4.98. The number of rotatable bonds is 6. The summed E-state index contributed by atoms with van der Waals surface area (Å²) in [4.78, 5) is 12.5. The van der Waals surface area contributed by atoms with Gasteiger partial charge in [0.05, 0.1) is 5.02 Å². The van der Waals surface area contributed by atoms with E-state index < -0.39 is 0 Å². The fourth-order valence-electron chi connectivity index (χ4n) is 2.25. The van der Waals surface area contributed by atoms with Crippen molar-refractivity contribution in [1.82, 2.24) is 0 Å². The fraction of sp³-hybridized carbons (Fsp3) is 0.533. The number of Topliss-reactive ketones (excluding diaryl/α,β-unsaturated/α-hetero) is 1. The molecule has 0 fully saturated rings. The topological polar surface area (TPSA) is 17.1 Å². The number of carbonyl (C=O) groups is 1. The maximum Gasteiger partial charge on any atom is 0.167 e. The van der Waals surface area contributed by atoms with Gasteiger partial charge >= 0.3 is 0 Å². The van der Waals surface area contributed by atoms with Crippen LogP contribution in [0, 0.1) is 12.8 Å². The molecule has 0 saturated carbocycles. The molecular weight excluding hydrogens is 232 g/mol. The number of carbonyl (C=O) groups excluding carboxylic acids is 1. The Labute approximate surface area is 109 Å². The Morgan fingerprint density at radius 1 is 1.24 bits per heavy atom. The summed E-state index contributed by atoms with van der Waals surface area (Å²) in [5.41, 5.74) is 1.71. The summed E-state index contributed by atoms with van der Waals surface area (Å²) in [6.45, 7) is 6.19. The van der Waals surface area contributed by atoms with Crippen molar-refractivity contribution in [2.75, 3.05) is 0 Å². The van der Waals surface area contributed by atoms with Crippen molar-refractivity contribution in [3.8, 4) is 0 Å². The molecule has 0 aliphatic heterocycles. The summed E-state index contributed by atoms with van der Waals surface area (Å²) in [6.07, 6.45) is 3.99. The second kappa shape index (κ2) is 6.80.